The van der Waals surface area contributed by atoms with Crippen molar-refractivity contribution in [2.75, 3.05) is 26.7 Å². The van der Waals surface area contributed by atoms with Gasteiger partial charge >= 0.3 is 5.97 Å². The van der Waals surface area contributed by atoms with Gasteiger partial charge in [-0.05, 0) is 40.0 Å². The van der Waals surface area contributed by atoms with Gasteiger partial charge in [0.25, 0.3) is 0 Å². The summed E-state index contributed by atoms with van der Waals surface area (Å²) in [5.74, 6) is -0.154. The normalized spacial score (nSPS) is 30.8. The number of carbonyl (C=O) groups excluding carboxylic acids is 1. The van der Waals surface area contributed by atoms with Crippen molar-refractivity contribution >= 4 is 5.97 Å². The molecular formula is C15H28N2O3. The van der Waals surface area contributed by atoms with Crippen LogP contribution in [0.5, 0.6) is 0 Å². The summed E-state index contributed by atoms with van der Waals surface area (Å²) in [4.78, 5) is 14.5. The van der Waals surface area contributed by atoms with E-state index in [4.69, 9.17) is 9.47 Å². The molecule has 0 bridgehead atoms. The molecule has 5 nitrogen and oxygen atoms in total. The summed E-state index contributed by atoms with van der Waals surface area (Å²) in [6.45, 7) is 8.93. The molecule has 3 unspecified atom stereocenters. The molecule has 0 aromatic rings. The maximum Gasteiger partial charge on any atom is 0.325 e. The second-order valence-electron chi connectivity index (χ2n) is 6.51. The Kier molecular flexibility index (Phi) is 5.04. The minimum atomic E-state index is -0.569. The highest BCUT2D eigenvalue weighted by Crippen LogP contribution is 2.25. The van der Waals surface area contributed by atoms with E-state index < -0.39 is 5.54 Å². The smallest absolute Gasteiger partial charge is 0.325 e. The van der Waals surface area contributed by atoms with Gasteiger partial charge < -0.3 is 9.47 Å². The van der Waals surface area contributed by atoms with Crippen LogP contribution in [-0.4, -0.2) is 61.4 Å². The molecule has 116 valence electrons. The zero-order valence-corrected chi connectivity index (χ0v) is 13.1. The highest BCUT2D eigenvalue weighted by molar-refractivity contribution is 5.80. The van der Waals surface area contributed by atoms with Gasteiger partial charge in [0, 0.05) is 25.7 Å². The molecule has 0 radical (unpaired) electrons. The van der Waals surface area contributed by atoms with Crippen molar-refractivity contribution in [3.05, 3.63) is 0 Å². The van der Waals surface area contributed by atoms with E-state index in [1.54, 1.807) is 0 Å². The fourth-order valence-corrected chi connectivity index (χ4v) is 2.99. The van der Waals surface area contributed by atoms with Gasteiger partial charge in [-0.3, -0.25) is 15.0 Å². The molecule has 1 aliphatic heterocycles. The van der Waals surface area contributed by atoms with E-state index in [1.165, 1.54) is 7.11 Å². The van der Waals surface area contributed by atoms with Crippen molar-refractivity contribution < 1.29 is 14.3 Å². The summed E-state index contributed by atoms with van der Waals surface area (Å²) in [6, 6.07) is 0.488. The van der Waals surface area contributed by atoms with E-state index in [2.05, 4.69) is 24.1 Å². The molecule has 0 amide bonds. The number of nitrogens with zero attached hydrogens (tertiary/aromatic N) is 1. The number of rotatable bonds is 6. The first kappa shape index (κ1) is 15.7. The number of morpholine rings is 1. The van der Waals surface area contributed by atoms with Crippen molar-refractivity contribution in [2.24, 2.45) is 0 Å². The predicted molar refractivity (Wildman–Crippen MR) is 77.6 cm³/mol. The Morgan fingerprint density at radius 2 is 1.95 bits per heavy atom. The average molecular weight is 284 g/mol. The van der Waals surface area contributed by atoms with Crippen molar-refractivity contribution in [1.82, 2.24) is 10.2 Å². The molecule has 5 heteroatoms. The lowest BCUT2D eigenvalue weighted by Gasteiger charge is -2.37. The molecule has 1 saturated carbocycles. The molecule has 20 heavy (non-hydrogen) atoms. The predicted octanol–water partition coefficient (Wildman–Crippen LogP) is 1.17. The average Bonchev–Trinajstić information content (AvgIpc) is 3.18. The maximum absolute atomic E-state index is 12.1. The van der Waals surface area contributed by atoms with Gasteiger partial charge in [-0.1, -0.05) is 0 Å². The van der Waals surface area contributed by atoms with E-state index in [-0.39, 0.29) is 18.2 Å². The molecule has 2 rings (SSSR count). The van der Waals surface area contributed by atoms with Gasteiger partial charge in [0.15, 0.2) is 0 Å². The number of carbonyl (C=O) groups is 1. The second-order valence-corrected chi connectivity index (χ2v) is 6.51. The van der Waals surface area contributed by atoms with Crippen LogP contribution >= 0.6 is 0 Å². The fraction of sp³-hybridized carbons (Fsp3) is 0.933. The number of esters is 1. The van der Waals surface area contributed by atoms with E-state index in [1.807, 2.05) is 6.92 Å². The van der Waals surface area contributed by atoms with Gasteiger partial charge in [0.2, 0.25) is 0 Å². The van der Waals surface area contributed by atoms with E-state index in [0.717, 1.165) is 38.9 Å². The molecule has 2 aliphatic rings. The summed E-state index contributed by atoms with van der Waals surface area (Å²) in [7, 11) is 1.47. The number of nitrogens with one attached hydrogen (secondary N) is 1. The summed E-state index contributed by atoms with van der Waals surface area (Å²) in [5, 5.41) is 3.45. The largest absolute Gasteiger partial charge is 0.468 e. The van der Waals surface area contributed by atoms with Gasteiger partial charge in [-0.25, -0.2) is 0 Å². The topological polar surface area (TPSA) is 50.8 Å². The van der Waals surface area contributed by atoms with Crippen molar-refractivity contribution in [1.29, 1.82) is 0 Å². The van der Waals surface area contributed by atoms with Crippen molar-refractivity contribution in [3.63, 3.8) is 0 Å². The Morgan fingerprint density at radius 1 is 1.35 bits per heavy atom. The Bertz CT molecular complexity index is 336. The fourth-order valence-electron chi connectivity index (χ4n) is 2.99. The summed E-state index contributed by atoms with van der Waals surface area (Å²) in [5.41, 5.74) is -0.569. The molecule has 1 saturated heterocycles. The molecule has 2 fully saturated rings. The summed E-state index contributed by atoms with van der Waals surface area (Å²) >= 11 is 0. The Labute approximate surface area is 122 Å². The summed E-state index contributed by atoms with van der Waals surface area (Å²) in [6.07, 6.45) is 3.63. The third kappa shape index (κ3) is 4.17. The zero-order chi connectivity index (χ0) is 14.8. The SMILES string of the molecule is COC(=O)C(C)(CCN1CC(C)OC(C)C1)NC1CC1. The van der Waals surface area contributed by atoms with E-state index in [9.17, 15) is 4.79 Å². The number of ether oxygens (including phenoxy) is 2. The van der Waals surface area contributed by atoms with Crippen molar-refractivity contribution in [2.45, 2.75) is 63.8 Å². The lowest BCUT2D eigenvalue weighted by atomic mass is 9.97. The molecule has 1 aliphatic carbocycles. The molecular weight excluding hydrogens is 256 g/mol. The Hall–Kier alpha value is -0.650. The monoisotopic (exact) mass is 284 g/mol. The minimum Gasteiger partial charge on any atom is -0.468 e. The third-order valence-corrected chi connectivity index (χ3v) is 4.16. The summed E-state index contributed by atoms with van der Waals surface area (Å²) < 4.78 is 10.7. The van der Waals surface area contributed by atoms with Gasteiger partial charge in [0.05, 0.1) is 19.3 Å². The zero-order valence-electron chi connectivity index (χ0n) is 13.1. The van der Waals surface area contributed by atoms with Crippen LogP contribution in [0.2, 0.25) is 0 Å². The quantitative estimate of drug-likeness (QED) is 0.742. The van der Waals surface area contributed by atoms with Crippen LogP contribution in [0, 0.1) is 0 Å². The number of hydrogen-bond donors (Lipinski definition) is 1. The van der Waals surface area contributed by atoms with Crippen LogP contribution < -0.4 is 5.32 Å². The van der Waals surface area contributed by atoms with Gasteiger partial charge in [0.1, 0.15) is 5.54 Å². The van der Waals surface area contributed by atoms with Crippen LogP contribution in [-0.2, 0) is 14.3 Å². The number of methoxy groups -OCH3 is 1. The highest BCUT2D eigenvalue weighted by atomic mass is 16.5. The molecule has 0 aromatic heterocycles. The maximum atomic E-state index is 12.1. The first-order valence-electron chi connectivity index (χ1n) is 7.67. The van der Waals surface area contributed by atoms with Crippen LogP contribution in [0.4, 0.5) is 0 Å². The van der Waals surface area contributed by atoms with Crippen LogP contribution in [0.3, 0.4) is 0 Å². The third-order valence-electron chi connectivity index (χ3n) is 4.16. The Balaban J connectivity index is 1.88. The van der Waals surface area contributed by atoms with E-state index >= 15 is 0 Å². The molecule has 3 atom stereocenters. The van der Waals surface area contributed by atoms with Gasteiger partial charge in [-0.15, -0.1) is 0 Å². The first-order chi connectivity index (χ1) is 9.43. The number of hydrogen-bond acceptors (Lipinski definition) is 5. The first-order valence-corrected chi connectivity index (χ1v) is 7.67. The van der Waals surface area contributed by atoms with E-state index in [0.29, 0.717) is 6.04 Å². The molecule has 0 aromatic carbocycles. The van der Waals surface area contributed by atoms with Crippen LogP contribution in [0.1, 0.15) is 40.0 Å². The van der Waals surface area contributed by atoms with Crippen LogP contribution in [0.15, 0.2) is 0 Å². The lowest BCUT2D eigenvalue weighted by Crippen LogP contribution is -2.54. The van der Waals surface area contributed by atoms with Crippen LogP contribution in [0.25, 0.3) is 0 Å². The standard InChI is InChI=1S/C15H28N2O3/c1-11-9-17(10-12(2)20-11)8-7-15(3,14(18)19-4)16-13-5-6-13/h11-13,16H,5-10H2,1-4H3. The molecule has 1 heterocycles. The van der Waals surface area contributed by atoms with Crippen molar-refractivity contribution in [3.8, 4) is 0 Å². The lowest BCUT2D eigenvalue weighted by molar-refractivity contribution is -0.148. The molecule has 0 spiro atoms. The highest BCUT2D eigenvalue weighted by Gasteiger charge is 2.39. The second kappa shape index (κ2) is 6.41. The minimum absolute atomic E-state index is 0.154. The van der Waals surface area contributed by atoms with Gasteiger partial charge in [-0.2, -0.15) is 0 Å². The molecule has 1 N–H and O–H groups in total. The Morgan fingerprint density at radius 3 is 2.45 bits per heavy atom.